The third-order valence-corrected chi connectivity index (χ3v) is 3.46. The molecule has 0 saturated heterocycles. The molecule has 16 heavy (non-hydrogen) atoms. The normalized spacial score (nSPS) is 18.9. The maximum Gasteiger partial charge on any atom is 0.149 e. The molecule has 2 rings (SSSR count). The van der Waals surface area contributed by atoms with E-state index in [0.29, 0.717) is 11.5 Å². The monoisotopic (exact) mass is 224 g/mol. The van der Waals surface area contributed by atoms with E-state index < -0.39 is 5.82 Å². The van der Waals surface area contributed by atoms with Crippen molar-refractivity contribution in [2.75, 3.05) is 5.73 Å². The van der Waals surface area contributed by atoms with Gasteiger partial charge in [-0.15, -0.1) is 0 Å². The summed E-state index contributed by atoms with van der Waals surface area (Å²) in [7, 11) is 0. The number of phenolic OH excluding ortho intramolecular Hbond substituents is 1. The molecule has 1 atom stereocenters. The Hall–Kier alpha value is -1.29. The molecule has 1 aromatic carbocycles. The summed E-state index contributed by atoms with van der Waals surface area (Å²) < 4.78 is 13.1. The summed E-state index contributed by atoms with van der Waals surface area (Å²) in [4.78, 5) is 0. The van der Waals surface area contributed by atoms with Crippen molar-refractivity contribution in [2.45, 2.75) is 31.7 Å². The zero-order chi connectivity index (χ0) is 11.7. The van der Waals surface area contributed by atoms with Gasteiger partial charge >= 0.3 is 0 Å². The Morgan fingerprint density at radius 2 is 1.94 bits per heavy atom. The Bertz CT molecular complexity index is 389. The standard InChI is InChI=1S/C12H17FN2O/c13-9-6-5-8(12(16)11(9)15)10(14)7-3-1-2-4-7/h5-7,10,16H,1-4,14-15H2/t10-/m0/s1. The van der Waals surface area contributed by atoms with E-state index in [1.807, 2.05) is 0 Å². The Balaban J connectivity index is 2.29. The van der Waals surface area contributed by atoms with Gasteiger partial charge in [-0.2, -0.15) is 0 Å². The molecular weight excluding hydrogens is 207 g/mol. The van der Waals surface area contributed by atoms with Gasteiger partial charge < -0.3 is 16.6 Å². The quantitative estimate of drug-likeness (QED) is 0.533. The summed E-state index contributed by atoms with van der Waals surface area (Å²) in [5.41, 5.74) is 11.9. The number of aromatic hydroxyl groups is 1. The molecule has 88 valence electrons. The Morgan fingerprint density at radius 1 is 1.31 bits per heavy atom. The molecule has 0 aromatic heterocycles. The summed E-state index contributed by atoms with van der Waals surface area (Å²) in [6, 6.07) is 2.55. The average Bonchev–Trinajstić information content (AvgIpc) is 2.79. The van der Waals surface area contributed by atoms with Crippen molar-refractivity contribution in [1.29, 1.82) is 0 Å². The van der Waals surface area contributed by atoms with Gasteiger partial charge in [-0.25, -0.2) is 4.39 Å². The first-order valence-electron chi connectivity index (χ1n) is 5.63. The van der Waals surface area contributed by atoms with Crippen LogP contribution in [0.5, 0.6) is 5.75 Å². The number of anilines is 1. The largest absolute Gasteiger partial charge is 0.505 e. The highest BCUT2D eigenvalue weighted by Gasteiger charge is 2.26. The fourth-order valence-corrected chi connectivity index (χ4v) is 2.44. The van der Waals surface area contributed by atoms with Crippen LogP contribution in [-0.2, 0) is 0 Å². The molecule has 1 aromatic rings. The third kappa shape index (κ3) is 1.85. The molecular formula is C12H17FN2O. The third-order valence-electron chi connectivity index (χ3n) is 3.46. The molecule has 1 fully saturated rings. The molecule has 5 N–H and O–H groups in total. The summed E-state index contributed by atoms with van der Waals surface area (Å²) in [6.07, 6.45) is 4.49. The minimum absolute atomic E-state index is 0.195. The summed E-state index contributed by atoms with van der Waals surface area (Å²) in [5, 5.41) is 9.76. The van der Waals surface area contributed by atoms with E-state index in [4.69, 9.17) is 11.5 Å². The number of rotatable bonds is 2. The van der Waals surface area contributed by atoms with Gasteiger partial charge in [-0.05, 0) is 24.8 Å². The van der Waals surface area contributed by atoms with E-state index in [1.165, 1.54) is 25.0 Å². The van der Waals surface area contributed by atoms with Crippen LogP contribution in [0.3, 0.4) is 0 Å². The fourth-order valence-electron chi connectivity index (χ4n) is 2.44. The Kier molecular flexibility index (Phi) is 3.01. The molecule has 4 heteroatoms. The molecule has 0 spiro atoms. The van der Waals surface area contributed by atoms with Crippen molar-refractivity contribution in [3.8, 4) is 5.75 Å². The predicted octanol–water partition coefficient (Wildman–Crippen LogP) is 2.30. The lowest BCUT2D eigenvalue weighted by Gasteiger charge is -2.20. The van der Waals surface area contributed by atoms with Crippen LogP contribution in [0.25, 0.3) is 0 Å². The van der Waals surface area contributed by atoms with Crippen molar-refractivity contribution in [1.82, 2.24) is 0 Å². The average molecular weight is 224 g/mol. The van der Waals surface area contributed by atoms with Crippen LogP contribution in [-0.4, -0.2) is 5.11 Å². The number of benzene rings is 1. The molecule has 0 aliphatic heterocycles. The van der Waals surface area contributed by atoms with Gasteiger partial charge in [0.05, 0.1) is 0 Å². The number of hydrogen-bond acceptors (Lipinski definition) is 3. The molecule has 0 radical (unpaired) electrons. The lowest BCUT2D eigenvalue weighted by atomic mass is 9.91. The molecule has 0 heterocycles. The van der Waals surface area contributed by atoms with E-state index >= 15 is 0 Å². The second-order valence-electron chi connectivity index (χ2n) is 4.47. The topological polar surface area (TPSA) is 72.3 Å². The molecule has 1 aliphatic rings. The molecule has 3 nitrogen and oxygen atoms in total. The van der Waals surface area contributed by atoms with Crippen molar-refractivity contribution < 1.29 is 9.50 Å². The lowest BCUT2D eigenvalue weighted by molar-refractivity contribution is 0.411. The maximum absolute atomic E-state index is 13.1. The molecule has 1 saturated carbocycles. The van der Waals surface area contributed by atoms with Gasteiger partial charge in [0, 0.05) is 11.6 Å². The molecule has 0 amide bonds. The number of nitrogen functional groups attached to an aromatic ring is 1. The van der Waals surface area contributed by atoms with Gasteiger partial charge in [-0.3, -0.25) is 0 Å². The van der Waals surface area contributed by atoms with Crippen LogP contribution >= 0.6 is 0 Å². The summed E-state index contributed by atoms with van der Waals surface area (Å²) >= 11 is 0. The summed E-state index contributed by atoms with van der Waals surface area (Å²) in [6.45, 7) is 0. The van der Waals surface area contributed by atoms with Crippen molar-refractivity contribution >= 4 is 5.69 Å². The number of nitrogens with two attached hydrogens (primary N) is 2. The zero-order valence-electron chi connectivity index (χ0n) is 9.12. The van der Waals surface area contributed by atoms with E-state index in [0.717, 1.165) is 12.8 Å². The highest BCUT2D eigenvalue weighted by Crippen LogP contribution is 2.39. The van der Waals surface area contributed by atoms with E-state index in [-0.39, 0.29) is 17.5 Å². The predicted molar refractivity (Wildman–Crippen MR) is 61.4 cm³/mol. The number of hydrogen-bond donors (Lipinski definition) is 3. The maximum atomic E-state index is 13.1. The van der Waals surface area contributed by atoms with Gasteiger partial charge in [-0.1, -0.05) is 18.9 Å². The van der Waals surface area contributed by atoms with E-state index in [9.17, 15) is 9.50 Å². The van der Waals surface area contributed by atoms with Gasteiger partial charge in [0.2, 0.25) is 0 Å². The van der Waals surface area contributed by atoms with Crippen LogP contribution in [0.2, 0.25) is 0 Å². The highest BCUT2D eigenvalue weighted by molar-refractivity contribution is 5.57. The first-order valence-corrected chi connectivity index (χ1v) is 5.63. The van der Waals surface area contributed by atoms with Crippen LogP contribution in [0.15, 0.2) is 12.1 Å². The van der Waals surface area contributed by atoms with E-state index in [2.05, 4.69) is 0 Å². The number of phenols is 1. The summed E-state index contributed by atoms with van der Waals surface area (Å²) in [5.74, 6) is -0.421. The molecule has 0 unspecified atom stereocenters. The molecule has 0 bridgehead atoms. The van der Waals surface area contributed by atoms with Gasteiger partial charge in [0.25, 0.3) is 0 Å². The minimum atomic E-state index is -0.597. The van der Waals surface area contributed by atoms with Gasteiger partial charge in [0.15, 0.2) is 0 Å². The van der Waals surface area contributed by atoms with Crippen molar-refractivity contribution in [2.24, 2.45) is 11.7 Å². The van der Waals surface area contributed by atoms with Crippen LogP contribution in [0.4, 0.5) is 10.1 Å². The van der Waals surface area contributed by atoms with Gasteiger partial charge in [0.1, 0.15) is 17.3 Å². The van der Waals surface area contributed by atoms with Crippen molar-refractivity contribution in [3.63, 3.8) is 0 Å². The van der Waals surface area contributed by atoms with E-state index in [1.54, 1.807) is 0 Å². The zero-order valence-corrected chi connectivity index (χ0v) is 9.12. The van der Waals surface area contributed by atoms with Crippen LogP contribution < -0.4 is 11.5 Å². The number of halogens is 1. The fraction of sp³-hybridized carbons (Fsp3) is 0.500. The lowest BCUT2D eigenvalue weighted by Crippen LogP contribution is -2.19. The Labute approximate surface area is 94.3 Å². The molecule has 1 aliphatic carbocycles. The first-order chi connectivity index (χ1) is 7.61. The Morgan fingerprint density at radius 3 is 2.56 bits per heavy atom. The van der Waals surface area contributed by atoms with Crippen LogP contribution in [0.1, 0.15) is 37.3 Å². The van der Waals surface area contributed by atoms with Crippen LogP contribution in [0, 0.1) is 11.7 Å². The smallest absolute Gasteiger partial charge is 0.149 e. The second kappa shape index (κ2) is 4.29. The second-order valence-corrected chi connectivity index (χ2v) is 4.47. The minimum Gasteiger partial charge on any atom is -0.505 e. The SMILES string of the molecule is Nc1c(F)ccc([C@@H](N)C2CCCC2)c1O. The van der Waals surface area contributed by atoms with Crippen molar-refractivity contribution in [3.05, 3.63) is 23.5 Å². The first kappa shape index (κ1) is 11.2. The highest BCUT2D eigenvalue weighted by atomic mass is 19.1.